The quantitative estimate of drug-likeness (QED) is 0.849. The molecule has 1 aromatic rings. The van der Waals surface area contributed by atoms with Gasteiger partial charge < -0.3 is 19.5 Å². The first-order valence-electron chi connectivity index (χ1n) is 8.79. The van der Waals surface area contributed by atoms with Gasteiger partial charge in [-0.05, 0) is 52.8 Å². The molecule has 0 radical (unpaired) electrons. The van der Waals surface area contributed by atoms with E-state index in [0.29, 0.717) is 19.6 Å². The lowest BCUT2D eigenvalue weighted by Gasteiger charge is -2.38. The van der Waals surface area contributed by atoms with Gasteiger partial charge in [0.1, 0.15) is 5.60 Å². The second-order valence-electron chi connectivity index (χ2n) is 8.02. The molecule has 0 aliphatic carbocycles. The lowest BCUT2D eigenvalue weighted by atomic mass is 9.74. The lowest BCUT2D eigenvalue weighted by Crippen LogP contribution is -2.44. The van der Waals surface area contributed by atoms with Crippen molar-refractivity contribution >= 4 is 5.97 Å². The summed E-state index contributed by atoms with van der Waals surface area (Å²) in [6, 6.07) is 3.18. The molecule has 1 fully saturated rings. The van der Waals surface area contributed by atoms with E-state index in [9.17, 15) is 14.3 Å². The molecule has 2 aliphatic heterocycles. The molecule has 1 aromatic carbocycles. The van der Waals surface area contributed by atoms with Crippen LogP contribution in [-0.2, 0) is 14.9 Å². The maximum Gasteiger partial charge on any atom is 0.307 e. The number of rotatable bonds is 3. The summed E-state index contributed by atoms with van der Waals surface area (Å²) in [5, 5.41) is 9.51. The highest BCUT2D eigenvalue weighted by Gasteiger charge is 2.44. The van der Waals surface area contributed by atoms with E-state index in [1.165, 1.54) is 6.07 Å². The fourth-order valence-corrected chi connectivity index (χ4v) is 3.65. The predicted octanol–water partition coefficient (Wildman–Crippen LogP) is 2.99. The van der Waals surface area contributed by atoms with Crippen LogP contribution in [0.5, 0.6) is 11.5 Å². The van der Waals surface area contributed by atoms with E-state index in [2.05, 4.69) is 4.90 Å². The molecule has 6 heteroatoms. The Kier molecular flexibility index (Phi) is 4.66. The third kappa shape index (κ3) is 3.73. The van der Waals surface area contributed by atoms with Crippen LogP contribution < -0.4 is 4.74 Å². The van der Waals surface area contributed by atoms with E-state index in [1.807, 2.05) is 20.8 Å². The molecule has 0 saturated carbocycles. The third-order valence-corrected chi connectivity index (χ3v) is 5.01. The summed E-state index contributed by atoms with van der Waals surface area (Å²) in [7, 11) is 0. The Bertz CT molecular complexity index is 660. The summed E-state index contributed by atoms with van der Waals surface area (Å²) in [5.74, 6) is -1.02. The molecule has 2 heterocycles. The molecule has 0 aromatic heterocycles. The van der Waals surface area contributed by atoms with E-state index in [4.69, 9.17) is 9.47 Å². The standard InChI is InChI=1S/C19H26FNO4/c1-18(2,3)25-15(23)6-9-21-10-7-19(8-11-21)12-24-17-13(19)4-5-14(22)16(17)20/h4-5,22H,6-12H2,1-3H3. The largest absolute Gasteiger partial charge is 0.505 e. The Morgan fingerprint density at radius 3 is 2.68 bits per heavy atom. The van der Waals surface area contributed by atoms with Gasteiger partial charge in [0.25, 0.3) is 0 Å². The van der Waals surface area contributed by atoms with Crippen molar-refractivity contribution in [3.8, 4) is 11.5 Å². The van der Waals surface area contributed by atoms with Crippen molar-refractivity contribution in [1.82, 2.24) is 4.90 Å². The zero-order valence-corrected chi connectivity index (χ0v) is 15.1. The Hall–Kier alpha value is -1.82. The molecule has 0 atom stereocenters. The summed E-state index contributed by atoms with van der Waals surface area (Å²) in [4.78, 5) is 14.1. The number of phenolic OH excluding ortho intramolecular Hbond substituents is 1. The number of nitrogens with zero attached hydrogens (tertiary/aromatic N) is 1. The zero-order valence-electron chi connectivity index (χ0n) is 15.1. The Morgan fingerprint density at radius 2 is 2.04 bits per heavy atom. The minimum atomic E-state index is -0.665. The first-order valence-corrected chi connectivity index (χ1v) is 8.79. The topological polar surface area (TPSA) is 59.0 Å². The number of phenols is 1. The first-order chi connectivity index (χ1) is 11.7. The predicted molar refractivity (Wildman–Crippen MR) is 91.4 cm³/mol. The number of esters is 1. The van der Waals surface area contributed by atoms with Gasteiger partial charge >= 0.3 is 5.97 Å². The molecule has 25 heavy (non-hydrogen) atoms. The van der Waals surface area contributed by atoms with Crippen molar-refractivity contribution in [2.45, 2.75) is 51.0 Å². The second kappa shape index (κ2) is 6.48. The van der Waals surface area contributed by atoms with Gasteiger partial charge in [-0.15, -0.1) is 0 Å². The highest BCUT2D eigenvalue weighted by atomic mass is 19.1. The Labute approximate surface area is 147 Å². The number of hydrogen-bond donors (Lipinski definition) is 1. The maximum absolute atomic E-state index is 14.0. The van der Waals surface area contributed by atoms with Gasteiger partial charge in [0.15, 0.2) is 11.5 Å². The van der Waals surface area contributed by atoms with Gasteiger partial charge in [-0.3, -0.25) is 4.79 Å². The number of hydrogen-bond acceptors (Lipinski definition) is 5. The van der Waals surface area contributed by atoms with E-state index in [0.717, 1.165) is 31.5 Å². The van der Waals surface area contributed by atoms with Crippen molar-refractivity contribution in [3.05, 3.63) is 23.5 Å². The summed E-state index contributed by atoms with van der Waals surface area (Å²) in [6.45, 7) is 8.37. The van der Waals surface area contributed by atoms with Gasteiger partial charge in [0, 0.05) is 17.5 Å². The SMILES string of the molecule is CC(C)(C)OC(=O)CCN1CCC2(CC1)COc1c2ccc(O)c1F. The molecule has 0 bridgehead atoms. The molecule has 3 rings (SSSR count). The second-order valence-corrected chi connectivity index (χ2v) is 8.02. The van der Waals surface area contributed by atoms with Crippen molar-refractivity contribution < 1.29 is 23.8 Å². The minimum Gasteiger partial charge on any atom is -0.505 e. The molecule has 138 valence electrons. The first kappa shape index (κ1) is 18.0. The minimum absolute atomic E-state index is 0.181. The van der Waals surface area contributed by atoms with Crippen LogP contribution in [0.2, 0.25) is 0 Å². The number of piperidine rings is 1. The highest BCUT2D eigenvalue weighted by Crippen LogP contribution is 2.48. The van der Waals surface area contributed by atoms with Crippen LogP contribution in [-0.4, -0.2) is 47.8 Å². The average Bonchev–Trinajstić information content (AvgIpc) is 2.88. The lowest BCUT2D eigenvalue weighted by molar-refractivity contribution is -0.155. The van der Waals surface area contributed by atoms with E-state index in [1.54, 1.807) is 6.07 Å². The maximum atomic E-state index is 14.0. The number of halogens is 1. The number of carbonyl (C=O) groups is 1. The zero-order chi connectivity index (χ0) is 18.2. The van der Waals surface area contributed by atoms with Crippen molar-refractivity contribution in [1.29, 1.82) is 0 Å². The molecule has 0 amide bonds. The number of benzene rings is 1. The molecular formula is C19H26FNO4. The number of carbonyl (C=O) groups excluding carboxylic acids is 1. The smallest absolute Gasteiger partial charge is 0.307 e. The number of likely N-dealkylation sites (tertiary alicyclic amines) is 1. The normalized spacial score (nSPS) is 19.5. The van der Waals surface area contributed by atoms with Crippen molar-refractivity contribution in [2.24, 2.45) is 0 Å². The van der Waals surface area contributed by atoms with Gasteiger partial charge in [0.05, 0.1) is 13.0 Å². The van der Waals surface area contributed by atoms with E-state index < -0.39 is 11.4 Å². The summed E-state index contributed by atoms with van der Waals surface area (Å²) < 4.78 is 24.9. The Balaban J connectivity index is 1.57. The molecule has 1 saturated heterocycles. The van der Waals surface area contributed by atoms with Gasteiger partial charge in [-0.2, -0.15) is 4.39 Å². The molecular weight excluding hydrogens is 325 g/mol. The van der Waals surface area contributed by atoms with Crippen molar-refractivity contribution in [2.75, 3.05) is 26.2 Å². The monoisotopic (exact) mass is 351 g/mol. The van der Waals surface area contributed by atoms with Crippen LogP contribution in [0.4, 0.5) is 4.39 Å². The number of aromatic hydroxyl groups is 1. The van der Waals surface area contributed by atoms with Crippen LogP contribution in [0.3, 0.4) is 0 Å². The number of fused-ring (bicyclic) bond motifs is 2. The summed E-state index contributed by atoms with van der Waals surface area (Å²) in [5.41, 5.74) is 0.213. The van der Waals surface area contributed by atoms with E-state index in [-0.39, 0.29) is 22.9 Å². The highest BCUT2D eigenvalue weighted by molar-refractivity contribution is 5.70. The van der Waals surface area contributed by atoms with Crippen molar-refractivity contribution in [3.63, 3.8) is 0 Å². The molecule has 2 aliphatic rings. The van der Waals surface area contributed by atoms with E-state index >= 15 is 0 Å². The molecule has 1 spiro atoms. The molecule has 5 nitrogen and oxygen atoms in total. The fourth-order valence-electron chi connectivity index (χ4n) is 3.65. The third-order valence-electron chi connectivity index (χ3n) is 5.01. The number of ether oxygens (including phenoxy) is 2. The molecule has 1 N–H and O–H groups in total. The van der Waals surface area contributed by atoms with Gasteiger partial charge in [0.2, 0.25) is 5.82 Å². The van der Waals surface area contributed by atoms with Crippen LogP contribution in [0.1, 0.15) is 45.6 Å². The van der Waals surface area contributed by atoms with Crippen LogP contribution in [0.15, 0.2) is 12.1 Å². The summed E-state index contributed by atoms with van der Waals surface area (Å²) in [6.07, 6.45) is 2.07. The average molecular weight is 351 g/mol. The molecule has 0 unspecified atom stereocenters. The van der Waals surface area contributed by atoms with Crippen LogP contribution in [0, 0.1) is 5.82 Å². The Morgan fingerprint density at radius 1 is 1.36 bits per heavy atom. The van der Waals surface area contributed by atoms with Gasteiger partial charge in [-0.25, -0.2) is 0 Å². The summed E-state index contributed by atoms with van der Waals surface area (Å²) >= 11 is 0. The van der Waals surface area contributed by atoms with Crippen LogP contribution >= 0.6 is 0 Å². The fraction of sp³-hybridized carbons (Fsp3) is 0.632. The van der Waals surface area contributed by atoms with Gasteiger partial charge in [-0.1, -0.05) is 6.07 Å². The van der Waals surface area contributed by atoms with Crippen LogP contribution in [0.25, 0.3) is 0 Å².